The first-order valence-corrected chi connectivity index (χ1v) is 4.41. The minimum absolute atomic E-state index is 0.296. The van der Waals surface area contributed by atoms with Crippen molar-refractivity contribution in [3.63, 3.8) is 0 Å². The molecule has 1 rings (SSSR count). The van der Waals surface area contributed by atoms with Crippen LogP contribution in [0.15, 0.2) is 24.8 Å². The summed E-state index contributed by atoms with van der Waals surface area (Å²) in [6.07, 6.45) is 0. The van der Waals surface area contributed by atoms with Crippen molar-refractivity contribution in [3.05, 3.63) is 41.5 Å². The van der Waals surface area contributed by atoms with Crippen LogP contribution >= 0.6 is 0 Å². The van der Waals surface area contributed by atoms with Crippen molar-refractivity contribution < 1.29 is 9.53 Å². The highest BCUT2D eigenvalue weighted by molar-refractivity contribution is 5.91. The summed E-state index contributed by atoms with van der Waals surface area (Å²) < 4.78 is 4.66. The van der Waals surface area contributed by atoms with Crippen molar-refractivity contribution in [3.8, 4) is 0 Å². The highest BCUT2D eigenvalue weighted by Gasteiger charge is 2.08. The van der Waals surface area contributed by atoms with Gasteiger partial charge in [-0.15, -0.1) is 0 Å². The molecule has 0 radical (unpaired) electrons. The third kappa shape index (κ3) is 2.02. The fourth-order valence-electron chi connectivity index (χ4n) is 1.27. The van der Waals surface area contributed by atoms with Gasteiger partial charge in [0, 0.05) is 0 Å². The molecule has 0 saturated heterocycles. The number of benzene rings is 1. The van der Waals surface area contributed by atoms with Gasteiger partial charge in [0.1, 0.15) is 0 Å². The summed E-state index contributed by atoms with van der Waals surface area (Å²) in [7, 11) is 1.38. The minimum Gasteiger partial charge on any atom is -0.465 e. The molecule has 2 heteroatoms. The molecule has 14 heavy (non-hydrogen) atoms. The lowest BCUT2D eigenvalue weighted by Gasteiger charge is -2.06. The van der Waals surface area contributed by atoms with Crippen LogP contribution < -0.4 is 0 Å². The second-order valence-corrected chi connectivity index (χ2v) is 3.30. The van der Waals surface area contributed by atoms with Crippen LogP contribution in [-0.4, -0.2) is 13.1 Å². The second kappa shape index (κ2) is 4.09. The van der Waals surface area contributed by atoms with Crippen LogP contribution in [-0.2, 0) is 4.74 Å². The first-order chi connectivity index (χ1) is 6.56. The molecular formula is C12H14O2. The maximum absolute atomic E-state index is 11.3. The Labute approximate surface area is 84.2 Å². The van der Waals surface area contributed by atoms with Crippen LogP contribution in [0, 0.1) is 6.92 Å². The van der Waals surface area contributed by atoms with Crippen LogP contribution in [0.5, 0.6) is 0 Å². The summed E-state index contributed by atoms with van der Waals surface area (Å²) >= 11 is 0. The molecule has 0 heterocycles. The van der Waals surface area contributed by atoms with E-state index in [0.29, 0.717) is 5.56 Å². The van der Waals surface area contributed by atoms with Crippen LogP contribution in [0.3, 0.4) is 0 Å². The van der Waals surface area contributed by atoms with Crippen molar-refractivity contribution >= 4 is 11.5 Å². The van der Waals surface area contributed by atoms with E-state index < -0.39 is 0 Å². The lowest BCUT2D eigenvalue weighted by atomic mass is 10.0. The number of carbonyl (C=O) groups is 1. The molecule has 74 valence electrons. The number of rotatable bonds is 2. The Balaban J connectivity index is 3.14. The van der Waals surface area contributed by atoms with Crippen LogP contribution in [0.4, 0.5) is 0 Å². The maximum atomic E-state index is 11.3. The average molecular weight is 190 g/mol. The molecule has 1 aromatic carbocycles. The second-order valence-electron chi connectivity index (χ2n) is 3.30. The van der Waals surface area contributed by atoms with Crippen molar-refractivity contribution in [1.82, 2.24) is 0 Å². The molecule has 0 fully saturated rings. The number of hydrogen-bond donors (Lipinski definition) is 0. The predicted octanol–water partition coefficient (Wildman–Crippen LogP) is 2.81. The highest BCUT2D eigenvalue weighted by Crippen LogP contribution is 2.17. The Morgan fingerprint density at radius 1 is 1.43 bits per heavy atom. The van der Waals surface area contributed by atoms with Gasteiger partial charge in [0.2, 0.25) is 0 Å². The van der Waals surface area contributed by atoms with E-state index in [-0.39, 0.29) is 5.97 Å². The van der Waals surface area contributed by atoms with Crippen LogP contribution in [0.1, 0.15) is 28.4 Å². The smallest absolute Gasteiger partial charge is 0.338 e. The summed E-state index contributed by atoms with van der Waals surface area (Å²) in [5, 5.41) is 0. The van der Waals surface area contributed by atoms with Gasteiger partial charge in [-0.3, -0.25) is 0 Å². The number of carbonyl (C=O) groups excluding carboxylic acids is 1. The molecule has 0 amide bonds. The van der Waals surface area contributed by atoms with E-state index in [1.807, 2.05) is 26.0 Å². The lowest BCUT2D eigenvalue weighted by Crippen LogP contribution is -2.03. The molecule has 0 aliphatic heterocycles. The van der Waals surface area contributed by atoms with Crippen molar-refractivity contribution in [2.45, 2.75) is 13.8 Å². The Bertz CT molecular complexity index is 378. The van der Waals surface area contributed by atoms with E-state index in [9.17, 15) is 4.79 Å². The molecule has 0 bridgehead atoms. The molecule has 0 spiro atoms. The van der Waals surface area contributed by atoms with E-state index in [2.05, 4.69) is 11.3 Å². The van der Waals surface area contributed by atoms with Gasteiger partial charge >= 0.3 is 5.97 Å². The molecular weight excluding hydrogens is 176 g/mol. The van der Waals surface area contributed by atoms with E-state index in [0.717, 1.165) is 16.7 Å². The van der Waals surface area contributed by atoms with Crippen molar-refractivity contribution in [1.29, 1.82) is 0 Å². The zero-order valence-electron chi connectivity index (χ0n) is 8.76. The van der Waals surface area contributed by atoms with Gasteiger partial charge in [-0.25, -0.2) is 4.79 Å². The SMILES string of the molecule is C=C(C)c1ccc(C(=O)OC)c(C)c1. The summed E-state index contributed by atoms with van der Waals surface area (Å²) in [5.41, 5.74) is 3.56. The third-order valence-corrected chi connectivity index (χ3v) is 2.12. The van der Waals surface area contributed by atoms with Crippen LogP contribution in [0.25, 0.3) is 5.57 Å². The molecule has 0 saturated carbocycles. The van der Waals surface area contributed by atoms with Gasteiger partial charge in [-0.2, -0.15) is 0 Å². The van der Waals surface area contributed by atoms with E-state index in [4.69, 9.17) is 0 Å². The van der Waals surface area contributed by atoms with Gasteiger partial charge in [-0.05, 0) is 31.0 Å². The Morgan fingerprint density at radius 2 is 2.07 bits per heavy atom. The number of esters is 1. The maximum Gasteiger partial charge on any atom is 0.338 e. The monoisotopic (exact) mass is 190 g/mol. The minimum atomic E-state index is -0.296. The van der Waals surface area contributed by atoms with E-state index >= 15 is 0 Å². The molecule has 0 N–H and O–H groups in total. The predicted molar refractivity (Wildman–Crippen MR) is 57.2 cm³/mol. The Kier molecular flexibility index (Phi) is 3.07. The average Bonchev–Trinajstić information content (AvgIpc) is 2.16. The van der Waals surface area contributed by atoms with Gasteiger partial charge in [0.15, 0.2) is 0 Å². The van der Waals surface area contributed by atoms with Crippen molar-refractivity contribution in [2.24, 2.45) is 0 Å². The summed E-state index contributed by atoms with van der Waals surface area (Å²) in [4.78, 5) is 11.3. The fraction of sp³-hybridized carbons (Fsp3) is 0.250. The van der Waals surface area contributed by atoms with Gasteiger partial charge in [-0.1, -0.05) is 24.3 Å². The van der Waals surface area contributed by atoms with Gasteiger partial charge in [0.25, 0.3) is 0 Å². The van der Waals surface area contributed by atoms with Crippen LogP contribution in [0.2, 0.25) is 0 Å². The number of ether oxygens (including phenoxy) is 1. The Hall–Kier alpha value is -1.57. The normalized spacial score (nSPS) is 9.64. The van der Waals surface area contributed by atoms with E-state index in [1.54, 1.807) is 6.07 Å². The Morgan fingerprint density at radius 3 is 2.50 bits per heavy atom. The molecule has 0 aromatic heterocycles. The number of aryl methyl sites for hydroxylation is 1. The first kappa shape index (κ1) is 10.5. The summed E-state index contributed by atoms with van der Waals surface area (Å²) in [6, 6.07) is 5.58. The lowest BCUT2D eigenvalue weighted by molar-refractivity contribution is 0.0600. The first-order valence-electron chi connectivity index (χ1n) is 4.41. The zero-order valence-corrected chi connectivity index (χ0v) is 8.76. The molecule has 0 aliphatic rings. The molecule has 0 atom stereocenters. The largest absolute Gasteiger partial charge is 0.465 e. The van der Waals surface area contributed by atoms with Gasteiger partial charge < -0.3 is 4.74 Å². The number of hydrogen-bond acceptors (Lipinski definition) is 2. The fourth-order valence-corrected chi connectivity index (χ4v) is 1.27. The summed E-state index contributed by atoms with van der Waals surface area (Å²) in [5.74, 6) is -0.296. The number of methoxy groups -OCH3 is 1. The topological polar surface area (TPSA) is 26.3 Å². The van der Waals surface area contributed by atoms with Gasteiger partial charge in [0.05, 0.1) is 12.7 Å². The third-order valence-electron chi connectivity index (χ3n) is 2.12. The quantitative estimate of drug-likeness (QED) is 0.670. The van der Waals surface area contributed by atoms with E-state index in [1.165, 1.54) is 7.11 Å². The number of allylic oxidation sites excluding steroid dienone is 1. The molecule has 0 unspecified atom stereocenters. The highest BCUT2D eigenvalue weighted by atomic mass is 16.5. The molecule has 2 nitrogen and oxygen atoms in total. The van der Waals surface area contributed by atoms with Crippen molar-refractivity contribution in [2.75, 3.05) is 7.11 Å². The zero-order chi connectivity index (χ0) is 10.7. The molecule has 0 aliphatic carbocycles. The summed E-state index contributed by atoms with van der Waals surface area (Å²) in [6.45, 7) is 7.67. The standard InChI is InChI=1S/C12H14O2/c1-8(2)10-5-6-11(9(3)7-10)12(13)14-4/h5-7H,1H2,2-4H3. The molecule has 1 aromatic rings.